The van der Waals surface area contributed by atoms with Crippen LogP contribution < -0.4 is 10.6 Å². The SMILES string of the molecule is Cc1occc1-c1nnc(SCC(=O)NC(=O)NC2CC2)o1. The first-order valence-corrected chi connectivity index (χ1v) is 7.71. The Balaban J connectivity index is 1.49. The summed E-state index contributed by atoms with van der Waals surface area (Å²) in [6.07, 6.45) is 3.47. The van der Waals surface area contributed by atoms with Crippen molar-refractivity contribution in [3.05, 3.63) is 18.1 Å². The van der Waals surface area contributed by atoms with E-state index in [1.807, 2.05) is 0 Å². The number of hydrogen-bond donors (Lipinski definition) is 2. The minimum absolute atomic E-state index is 0.0179. The van der Waals surface area contributed by atoms with Gasteiger partial charge in [0.2, 0.25) is 5.91 Å². The highest BCUT2D eigenvalue weighted by atomic mass is 32.2. The molecule has 1 aliphatic rings. The van der Waals surface area contributed by atoms with Gasteiger partial charge in [0.15, 0.2) is 0 Å². The predicted molar refractivity (Wildman–Crippen MR) is 77.2 cm³/mol. The third-order valence-corrected chi connectivity index (χ3v) is 3.81. The van der Waals surface area contributed by atoms with Gasteiger partial charge in [0.1, 0.15) is 5.76 Å². The summed E-state index contributed by atoms with van der Waals surface area (Å²) in [5.41, 5.74) is 0.715. The van der Waals surface area contributed by atoms with Crippen LogP contribution in [0.15, 0.2) is 26.4 Å². The summed E-state index contributed by atoms with van der Waals surface area (Å²) in [7, 11) is 0. The fourth-order valence-electron chi connectivity index (χ4n) is 1.72. The number of rotatable bonds is 5. The van der Waals surface area contributed by atoms with Gasteiger partial charge in [-0.1, -0.05) is 11.8 Å². The molecular formula is C13H14N4O4S. The maximum Gasteiger partial charge on any atom is 0.321 e. The Kier molecular flexibility index (Phi) is 4.14. The van der Waals surface area contributed by atoms with Crippen LogP contribution in [0.5, 0.6) is 0 Å². The van der Waals surface area contributed by atoms with Gasteiger partial charge in [0.05, 0.1) is 17.6 Å². The number of carbonyl (C=O) groups excluding carboxylic acids is 2. The van der Waals surface area contributed by atoms with Crippen molar-refractivity contribution >= 4 is 23.7 Å². The van der Waals surface area contributed by atoms with Crippen molar-refractivity contribution < 1.29 is 18.4 Å². The predicted octanol–water partition coefficient (Wildman–Crippen LogP) is 1.72. The van der Waals surface area contributed by atoms with E-state index in [-0.39, 0.29) is 17.0 Å². The molecule has 2 N–H and O–H groups in total. The fraction of sp³-hybridized carbons (Fsp3) is 0.385. The number of thioether (sulfide) groups is 1. The molecule has 0 atom stereocenters. The van der Waals surface area contributed by atoms with E-state index in [0.717, 1.165) is 24.6 Å². The molecule has 3 amide bonds. The van der Waals surface area contributed by atoms with Crippen molar-refractivity contribution in [1.29, 1.82) is 0 Å². The lowest BCUT2D eigenvalue weighted by Gasteiger charge is -2.03. The molecule has 2 aromatic rings. The average molecular weight is 322 g/mol. The zero-order valence-corrected chi connectivity index (χ0v) is 12.6. The van der Waals surface area contributed by atoms with Crippen LogP contribution in [-0.4, -0.2) is 33.9 Å². The zero-order chi connectivity index (χ0) is 15.5. The molecule has 8 nitrogen and oxygen atoms in total. The highest BCUT2D eigenvalue weighted by Crippen LogP contribution is 2.26. The summed E-state index contributed by atoms with van der Waals surface area (Å²) < 4.78 is 10.6. The number of aryl methyl sites for hydroxylation is 1. The molecule has 116 valence electrons. The monoisotopic (exact) mass is 322 g/mol. The summed E-state index contributed by atoms with van der Waals surface area (Å²) >= 11 is 1.07. The van der Waals surface area contributed by atoms with Gasteiger partial charge >= 0.3 is 6.03 Å². The zero-order valence-electron chi connectivity index (χ0n) is 11.8. The molecule has 0 unspecified atom stereocenters. The summed E-state index contributed by atoms with van der Waals surface area (Å²) in [5, 5.41) is 12.9. The second-order valence-electron chi connectivity index (χ2n) is 4.85. The third-order valence-electron chi connectivity index (χ3n) is 2.99. The highest BCUT2D eigenvalue weighted by Gasteiger charge is 2.24. The molecule has 0 spiro atoms. The van der Waals surface area contributed by atoms with Crippen molar-refractivity contribution in [2.24, 2.45) is 0 Å². The van der Waals surface area contributed by atoms with Crippen molar-refractivity contribution in [2.45, 2.75) is 31.0 Å². The number of nitrogens with zero attached hydrogens (tertiary/aromatic N) is 2. The molecule has 1 fully saturated rings. The van der Waals surface area contributed by atoms with E-state index in [9.17, 15) is 9.59 Å². The summed E-state index contributed by atoms with van der Waals surface area (Å²) in [5.74, 6) is 0.613. The van der Waals surface area contributed by atoms with Crippen LogP contribution in [0.25, 0.3) is 11.5 Å². The van der Waals surface area contributed by atoms with E-state index in [1.165, 1.54) is 6.26 Å². The third kappa shape index (κ3) is 3.67. The Bertz CT molecular complexity index is 692. The minimum atomic E-state index is -0.464. The van der Waals surface area contributed by atoms with E-state index in [0.29, 0.717) is 17.2 Å². The van der Waals surface area contributed by atoms with Crippen LogP contribution in [0.3, 0.4) is 0 Å². The Hall–Kier alpha value is -2.29. The number of amides is 3. The molecule has 0 aromatic carbocycles. The van der Waals surface area contributed by atoms with Gasteiger partial charge in [-0.2, -0.15) is 0 Å². The fourth-order valence-corrected chi connectivity index (χ4v) is 2.29. The van der Waals surface area contributed by atoms with E-state index in [4.69, 9.17) is 8.83 Å². The van der Waals surface area contributed by atoms with Gasteiger partial charge in [0.25, 0.3) is 11.1 Å². The van der Waals surface area contributed by atoms with Crippen LogP contribution in [-0.2, 0) is 4.79 Å². The molecule has 0 radical (unpaired) electrons. The maximum absolute atomic E-state index is 11.6. The standard InChI is InChI=1S/C13H14N4O4S/c1-7-9(4-5-20-7)11-16-17-13(21-11)22-6-10(18)15-12(19)14-8-2-3-8/h4-5,8H,2-3,6H2,1H3,(H2,14,15,18,19). The Morgan fingerprint density at radius 3 is 2.91 bits per heavy atom. The smallest absolute Gasteiger partial charge is 0.321 e. The largest absolute Gasteiger partial charge is 0.469 e. The van der Waals surface area contributed by atoms with Crippen LogP contribution in [0, 0.1) is 6.92 Å². The van der Waals surface area contributed by atoms with Gasteiger partial charge in [-0.25, -0.2) is 4.79 Å². The van der Waals surface area contributed by atoms with E-state index in [2.05, 4.69) is 20.8 Å². The molecule has 22 heavy (non-hydrogen) atoms. The normalized spacial score (nSPS) is 13.9. The quantitative estimate of drug-likeness (QED) is 0.806. The maximum atomic E-state index is 11.6. The number of furan rings is 1. The highest BCUT2D eigenvalue weighted by molar-refractivity contribution is 7.99. The molecule has 3 rings (SSSR count). The second-order valence-corrected chi connectivity index (χ2v) is 5.77. The number of imide groups is 1. The first kappa shape index (κ1) is 14.6. The van der Waals surface area contributed by atoms with E-state index < -0.39 is 11.9 Å². The van der Waals surface area contributed by atoms with Gasteiger partial charge < -0.3 is 14.2 Å². The molecule has 0 saturated heterocycles. The number of carbonyl (C=O) groups is 2. The van der Waals surface area contributed by atoms with Crippen molar-refractivity contribution in [2.75, 3.05) is 5.75 Å². The van der Waals surface area contributed by atoms with E-state index in [1.54, 1.807) is 13.0 Å². The van der Waals surface area contributed by atoms with Crippen LogP contribution >= 0.6 is 11.8 Å². The number of nitrogens with one attached hydrogen (secondary N) is 2. The van der Waals surface area contributed by atoms with Crippen molar-refractivity contribution in [3.8, 4) is 11.5 Å². The molecular weight excluding hydrogens is 308 g/mol. The van der Waals surface area contributed by atoms with Crippen LogP contribution in [0.1, 0.15) is 18.6 Å². The second kappa shape index (κ2) is 6.22. The van der Waals surface area contributed by atoms with Gasteiger partial charge in [-0.15, -0.1) is 10.2 Å². The lowest BCUT2D eigenvalue weighted by atomic mass is 10.3. The first-order valence-electron chi connectivity index (χ1n) is 6.73. The van der Waals surface area contributed by atoms with Crippen LogP contribution in [0.4, 0.5) is 4.79 Å². The van der Waals surface area contributed by atoms with Crippen LogP contribution in [0.2, 0.25) is 0 Å². The van der Waals surface area contributed by atoms with Gasteiger partial charge in [-0.05, 0) is 25.8 Å². The topological polar surface area (TPSA) is 110 Å². The summed E-state index contributed by atoms with van der Waals surface area (Å²) in [4.78, 5) is 23.0. The summed E-state index contributed by atoms with van der Waals surface area (Å²) in [6, 6.07) is 1.47. The van der Waals surface area contributed by atoms with Crippen molar-refractivity contribution in [3.63, 3.8) is 0 Å². The van der Waals surface area contributed by atoms with Crippen molar-refractivity contribution in [1.82, 2.24) is 20.8 Å². The lowest BCUT2D eigenvalue weighted by molar-refractivity contribution is -0.117. The summed E-state index contributed by atoms with van der Waals surface area (Å²) in [6.45, 7) is 1.79. The molecule has 2 aromatic heterocycles. The molecule has 1 saturated carbocycles. The first-order chi connectivity index (χ1) is 10.6. The molecule has 2 heterocycles. The number of urea groups is 1. The van der Waals surface area contributed by atoms with Gasteiger partial charge in [-0.3, -0.25) is 10.1 Å². The number of aromatic nitrogens is 2. The number of hydrogen-bond acceptors (Lipinski definition) is 7. The van der Waals surface area contributed by atoms with E-state index >= 15 is 0 Å². The molecule has 0 aliphatic heterocycles. The Labute approximate surface area is 130 Å². The minimum Gasteiger partial charge on any atom is -0.469 e. The van der Waals surface area contributed by atoms with Gasteiger partial charge in [0, 0.05) is 6.04 Å². The average Bonchev–Trinajstić information content (AvgIpc) is 2.99. The Morgan fingerprint density at radius 2 is 2.23 bits per heavy atom. The molecule has 0 bridgehead atoms. The molecule has 1 aliphatic carbocycles. The molecule has 9 heteroatoms. The lowest BCUT2D eigenvalue weighted by Crippen LogP contribution is -2.41. The Morgan fingerprint density at radius 1 is 1.41 bits per heavy atom.